The third kappa shape index (κ3) is 3.67. The molecule has 0 spiro atoms. The van der Waals surface area contributed by atoms with Crippen LogP contribution in [0.5, 0.6) is 5.75 Å². The molecule has 3 aromatic carbocycles. The van der Waals surface area contributed by atoms with Gasteiger partial charge in [0.2, 0.25) is 0 Å². The van der Waals surface area contributed by atoms with E-state index in [1.807, 2.05) is 36.4 Å². The van der Waals surface area contributed by atoms with E-state index >= 15 is 0 Å². The van der Waals surface area contributed by atoms with E-state index in [0.29, 0.717) is 5.56 Å². The average molecular weight is 376 g/mol. The number of ether oxygens (including phenoxy) is 1. The molecule has 1 aliphatic rings. The van der Waals surface area contributed by atoms with Gasteiger partial charge in [-0.25, -0.2) is 0 Å². The fourth-order valence-electron chi connectivity index (χ4n) is 3.72. The monoisotopic (exact) mass is 376 g/mol. The van der Waals surface area contributed by atoms with Gasteiger partial charge in [-0.1, -0.05) is 36.4 Å². The van der Waals surface area contributed by atoms with Gasteiger partial charge in [-0.3, -0.25) is 0 Å². The summed E-state index contributed by atoms with van der Waals surface area (Å²) in [5, 5.41) is 12.7. The number of rotatable bonds is 4. The summed E-state index contributed by atoms with van der Waals surface area (Å²) in [6, 6.07) is 22.7. The molecule has 1 atom stereocenters. The molecule has 1 aliphatic heterocycles. The van der Waals surface area contributed by atoms with E-state index in [1.165, 1.54) is 11.6 Å². The third-order valence-electron chi connectivity index (χ3n) is 4.98. The van der Waals surface area contributed by atoms with Crippen molar-refractivity contribution in [2.45, 2.75) is 25.5 Å². The SMILES string of the molecule is N#Cc1cccc(-c2cccc3c2CCC(c2cccc(OC(F)F)c2)N3)c1. The number of fused-ring (bicyclic) bond motifs is 1. The van der Waals surface area contributed by atoms with Gasteiger partial charge in [0.1, 0.15) is 5.75 Å². The molecule has 1 N–H and O–H groups in total. The fourth-order valence-corrected chi connectivity index (χ4v) is 3.72. The zero-order valence-corrected chi connectivity index (χ0v) is 15.0. The standard InChI is InChI=1S/C23H18F2N2O/c24-23(25)28-18-7-2-6-17(13-18)21-11-10-20-19(8-3-9-22(20)27-21)16-5-1-4-15(12-16)14-26/h1-9,12-13,21,23,27H,10-11H2. The molecule has 0 aliphatic carbocycles. The number of hydrogen-bond donors (Lipinski definition) is 1. The number of halogens is 2. The van der Waals surface area contributed by atoms with E-state index in [1.54, 1.807) is 18.2 Å². The van der Waals surface area contributed by atoms with Gasteiger partial charge in [0.15, 0.2) is 0 Å². The number of nitriles is 1. The molecular weight excluding hydrogens is 358 g/mol. The molecular formula is C23H18F2N2O. The molecule has 0 amide bonds. The molecule has 0 saturated heterocycles. The maximum absolute atomic E-state index is 12.5. The van der Waals surface area contributed by atoms with Gasteiger partial charge in [-0.15, -0.1) is 0 Å². The summed E-state index contributed by atoms with van der Waals surface area (Å²) in [6.07, 6.45) is 1.68. The summed E-state index contributed by atoms with van der Waals surface area (Å²) in [5.74, 6) is 0.169. The second-order valence-electron chi connectivity index (χ2n) is 6.71. The van der Waals surface area contributed by atoms with Crippen molar-refractivity contribution in [2.75, 3.05) is 5.32 Å². The van der Waals surface area contributed by atoms with Gasteiger partial charge in [0, 0.05) is 5.69 Å². The maximum Gasteiger partial charge on any atom is 0.387 e. The second kappa shape index (κ2) is 7.69. The molecule has 0 fully saturated rings. The summed E-state index contributed by atoms with van der Waals surface area (Å²) >= 11 is 0. The van der Waals surface area contributed by atoms with E-state index in [0.717, 1.165) is 35.2 Å². The Balaban J connectivity index is 1.63. The van der Waals surface area contributed by atoms with Crippen molar-refractivity contribution < 1.29 is 13.5 Å². The van der Waals surface area contributed by atoms with Crippen LogP contribution >= 0.6 is 0 Å². The predicted octanol–water partition coefficient (Wildman–Crippen LogP) is 5.93. The lowest BCUT2D eigenvalue weighted by molar-refractivity contribution is -0.0498. The summed E-state index contributed by atoms with van der Waals surface area (Å²) in [7, 11) is 0. The van der Waals surface area contributed by atoms with Gasteiger partial charge in [0.25, 0.3) is 0 Å². The molecule has 3 nitrogen and oxygen atoms in total. The first-order valence-electron chi connectivity index (χ1n) is 9.08. The van der Waals surface area contributed by atoms with E-state index in [4.69, 9.17) is 5.26 Å². The smallest absolute Gasteiger partial charge is 0.387 e. The van der Waals surface area contributed by atoms with E-state index in [9.17, 15) is 8.78 Å². The zero-order valence-electron chi connectivity index (χ0n) is 15.0. The van der Waals surface area contributed by atoms with Crippen molar-refractivity contribution in [1.29, 1.82) is 5.26 Å². The van der Waals surface area contributed by atoms with Crippen molar-refractivity contribution in [1.82, 2.24) is 0 Å². The van der Waals surface area contributed by atoms with Gasteiger partial charge in [-0.05, 0) is 65.4 Å². The van der Waals surface area contributed by atoms with Crippen molar-refractivity contribution >= 4 is 5.69 Å². The highest BCUT2D eigenvalue weighted by molar-refractivity contribution is 5.76. The molecule has 1 unspecified atom stereocenters. The number of nitrogens with zero attached hydrogens (tertiary/aromatic N) is 1. The highest BCUT2D eigenvalue weighted by atomic mass is 19.3. The minimum atomic E-state index is -2.83. The normalized spacial score (nSPS) is 15.4. The number of nitrogens with one attached hydrogen (secondary N) is 1. The first-order valence-corrected chi connectivity index (χ1v) is 9.08. The van der Waals surface area contributed by atoms with Gasteiger partial charge >= 0.3 is 6.61 Å². The van der Waals surface area contributed by atoms with Gasteiger partial charge < -0.3 is 10.1 Å². The number of hydrogen-bond acceptors (Lipinski definition) is 3. The minimum Gasteiger partial charge on any atom is -0.435 e. The Labute approximate surface area is 162 Å². The lowest BCUT2D eigenvalue weighted by Gasteiger charge is -2.29. The molecule has 0 saturated carbocycles. The highest BCUT2D eigenvalue weighted by Gasteiger charge is 2.22. The topological polar surface area (TPSA) is 45.0 Å². The van der Waals surface area contributed by atoms with Crippen LogP contribution in [0.25, 0.3) is 11.1 Å². The summed E-state index contributed by atoms with van der Waals surface area (Å²) in [6.45, 7) is -2.83. The molecule has 4 rings (SSSR count). The summed E-state index contributed by atoms with van der Waals surface area (Å²) < 4.78 is 29.5. The Kier molecular flexibility index (Phi) is 4.94. The van der Waals surface area contributed by atoms with E-state index in [2.05, 4.69) is 22.2 Å². The highest BCUT2D eigenvalue weighted by Crippen LogP contribution is 2.38. The van der Waals surface area contributed by atoms with Crippen LogP contribution in [-0.4, -0.2) is 6.61 Å². The van der Waals surface area contributed by atoms with E-state index < -0.39 is 6.61 Å². The third-order valence-corrected chi connectivity index (χ3v) is 4.98. The van der Waals surface area contributed by atoms with Crippen LogP contribution in [0, 0.1) is 11.3 Å². The lowest BCUT2D eigenvalue weighted by Crippen LogP contribution is -2.18. The predicted molar refractivity (Wildman–Crippen MR) is 104 cm³/mol. The van der Waals surface area contributed by atoms with E-state index in [-0.39, 0.29) is 11.8 Å². The van der Waals surface area contributed by atoms with Crippen molar-refractivity contribution in [2.24, 2.45) is 0 Å². The molecule has 140 valence electrons. The zero-order chi connectivity index (χ0) is 19.5. The van der Waals surface area contributed by atoms with Gasteiger partial charge in [0.05, 0.1) is 17.7 Å². The van der Waals surface area contributed by atoms with Crippen LogP contribution in [0.4, 0.5) is 14.5 Å². The largest absolute Gasteiger partial charge is 0.435 e. The molecule has 5 heteroatoms. The Morgan fingerprint density at radius 1 is 1.04 bits per heavy atom. The molecule has 28 heavy (non-hydrogen) atoms. The van der Waals surface area contributed by atoms with Crippen LogP contribution in [0.15, 0.2) is 66.7 Å². The Bertz CT molecular complexity index is 1040. The fraction of sp³-hybridized carbons (Fsp3) is 0.174. The summed E-state index contributed by atoms with van der Waals surface area (Å²) in [4.78, 5) is 0. The Hall–Kier alpha value is -3.39. The molecule has 0 aromatic heterocycles. The quantitative estimate of drug-likeness (QED) is 0.614. The minimum absolute atomic E-state index is 0.0226. The molecule has 1 heterocycles. The van der Waals surface area contributed by atoms with Crippen molar-refractivity contribution in [3.05, 3.63) is 83.4 Å². The Morgan fingerprint density at radius 3 is 2.68 bits per heavy atom. The van der Waals surface area contributed by atoms with Crippen LogP contribution in [-0.2, 0) is 6.42 Å². The molecule has 0 bridgehead atoms. The number of benzene rings is 3. The van der Waals surface area contributed by atoms with Gasteiger partial charge in [-0.2, -0.15) is 14.0 Å². The van der Waals surface area contributed by atoms with Crippen LogP contribution in [0.3, 0.4) is 0 Å². The van der Waals surface area contributed by atoms with Crippen molar-refractivity contribution in [3.8, 4) is 22.9 Å². The molecule has 0 radical (unpaired) electrons. The van der Waals surface area contributed by atoms with Crippen LogP contribution in [0.2, 0.25) is 0 Å². The molecule has 3 aromatic rings. The van der Waals surface area contributed by atoms with Crippen LogP contribution in [0.1, 0.15) is 29.2 Å². The van der Waals surface area contributed by atoms with Crippen LogP contribution < -0.4 is 10.1 Å². The number of anilines is 1. The first kappa shape index (κ1) is 18.0. The summed E-state index contributed by atoms with van der Waals surface area (Å²) in [5.41, 5.74) is 5.90. The first-order chi connectivity index (χ1) is 13.6. The van der Waals surface area contributed by atoms with Crippen molar-refractivity contribution in [3.63, 3.8) is 0 Å². The lowest BCUT2D eigenvalue weighted by atomic mass is 9.88. The maximum atomic E-state index is 12.5. The number of alkyl halides is 2. The Morgan fingerprint density at radius 2 is 1.86 bits per heavy atom. The second-order valence-corrected chi connectivity index (χ2v) is 6.71. The average Bonchev–Trinajstić information content (AvgIpc) is 2.72.